The van der Waals surface area contributed by atoms with Crippen LogP contribution in [0.1, 0.15) is 34.2 Å². The highest BCUT2D eigenvalue weighted by Crippen LogP contribution is 2.19. The first-order valence-corrected chi connectivity index (χ1v) is 8.61. The fraction of sp³-hybridized carbons (Fsp3) is 0.222. The van der Waals surface area contributed by atoms with E-state index in [-0.39, 0.29) is 22.1 Å². The molecule has 2 heterocycles. The van der Waals surface area contributed by atoms with Gasteiger partial charge in [-0.3, -0.25) is 14.6 Å². The Labute approximate surface area is 159 Å². The number of carbonyl (C=O) groups is 1. The molecule has 0 fully saturated rings. The second-order valence-electron chi connectivity index (χ2n) is 5.97. The molecule has 3 rings (SSSR count). The Morgan fingerprint density at radius 1 is 1.33 bits per heavy atom. The molecule has 0 saturated heterocycles. The number of halogens is 2. The van der Waals surface area contributed by atoms with Crippen LogP contribution >= 0.6 is 11.6 Å². The number of aromatic nitrogens is 4. The van der Waals surface area contributed by atoms with Gasteiger partial charge in [-0.25, -0.2) is 9.37 Å². The van der Waals surface area contributed by atoms with Crippen molar-refractivity contribution in [2.24, 2.45) is 0 Å². The number of hydrogen-bond acceptors (Lipinski definition) is 4. The minimum absolute atomic E-state index is 0.0688. The maximum Gasteiger partial charge on any atom is 0.256 e. The van der Waals surface area contributed by atoms with Gasteiger partial charge in [0.2, 0.25) is 5.95 Å². The monoisotopic (exact) mass is 389 g/mol. The first kappa shape index (κ1) is 18.8. The average Bonchev–Trinajstić information content (AvgIpc) is 2.97. The summed E-state index contributed by atoms with van der Waals surface area (Å²) in [6, 6.07) is 5.38. The van der Waals surface area contributed by atoms with Crippen LogP contribution in [0.25, 0.3) is 5.95 Å². The molecule has 140 valence electrons. The van der Waals surface area contributed by atoms with Gasteiger partial charge in [0.15, 0.2) is 0 Å². The summed E-state index contributed by atoms with van der Waals surface area (Å²) in [6.45, 7) is 5.34. The Bertz CT molecular complexity index is 1090. The summed E-state index contributed by atoms with van der Waals surface area (Å²) in [7, 11) is 0. The molecule has 0 aliphatic rings. The highest BCUT2D eigenvalue weighted by Gasteiger charge is 2.16. The molecule has 0 atom stereocenters. The van der Waals surface area contributed by atoms with E-state index in [0.717, 1.165) is 6.07 Å². The molecule has 0 aliphatic heterocycles. The molecule has 0 aliphatic carbocycles. The number of carbonyl (C=O) groups excluding carboxylic acids is 1. The smallest absolute Gasteiger partial charge is 0.256 e. The fourth-order valence-electron chi connectivity index (χ4n) is 2.69. The van der Waals surface area contributed by atoms with Crippen LogP contribution in [0.5, 0.6) is 0 Å². The maximum atomic E-state index is 13.6. The summed E-state index contributed by atoms with van der Waals surface area (Å²) >= 11 is 5.65. The Morgan fingerprint density at radius 2 is 2.07 bits per heavy atom. The van der Waals surface area contributed by atoms with Crippen molar-refractivity contribution in [2.45, 2.75) is 27.2 Å². The van der Waals surface area contributed by atoms with Gasteiger partial charge in [-0.1, -0.05) is 18.5 Å². The molecule has 0 unspecified atom stereocenters. The molecule has 3 aromatic rings. The molecule has 9 heteroatoms. The molecule has 1 aromatic carbocycles. The van der Waals surface area contributed by atoms with Gasteiger partial charge in [0.25, 0.3) is 11.5 Å². The third kappa shape index (κ3) is 3.75. The summed E-state index contributed by atoms with van der Waals surface area (Å²) in [5.74, 6) is -0.762. The lowest BCUT2D eigenvalue weighted by Gasteiger charge is -2.10. The zero-order chi connectivity index (χ0) is 19.7. The highest BCUT2D eigenvalue weighted by atomic mass is 35.5. The predicted molar refractivity (Wildman–Crippen MR) is 100 cm³/mol. The topological polar surface area (TPSA) is 92.7 Å². The molecule has 0 saturated carbocycles. The minimum atomic E-state index is -0.689. The molecule has 0 radical (unpaired) electrons. The molecule has 27 heavy (non-hydrogen) atoms. The van der Waals surface area contributed by atoms with E-state index in [1.54, 1.807) is 19.9 Å². The van der Waals surface area contributed by atoms with Crippen LogP contribution in [0.4, 0.5) is 10.2 Å². The SMILES string of the molecule is CCc1c(C)nc(-n2nc(C)cc2NC(=O)c2ccc(Cl)c(F)c2)[nH]c1=O. The van der Waals surface area contributed by atoms with Gasteiger partial charge in [0.1, 0.15) is 11.6 Å². The molecular formula is C18H17ClFN5O2. The van der Waals surface area contributed by atoms with E-state index in [0.29, 0.717) is 29.2 Å². The number of H-pyrrole nitrogens is 1. The average molecular weight is 390 g/mol. The lowest BCUT2D eigenvalue weighted by molar-refractivity contribution is 0.102. The van der Waals surface area contributed by atoms with E-state index in [1.807, 2.05) is 6.92 Å². The third-order valence-electron chi connectivity index (χ3n) is 4.02. The molecule has 2 N–H and O–H groups in total. The maximum absolute atomic E-state index is 13.6. The molecule has 1 amide bonds. The number of hydrogen-bond donors (Lipinski definition) is 2. The van der Waals surface area contributed by atoms with E-state index in [4.69, 9.17) is 11.6 Å². The molecule has 2 aromatic heterocycles. The van der Waals surface area contributed by atoms with Crippen molar-refractivity contribution in [2.75, 3.05) is 5.32 Å². The van der Waals surface area contributed by atoms with Crippen molar-refractivity contribution in [1.82, 2.24) is 19.7 Å². The number of aryl methyl sites for hydroxylation is 2. The number of benzene rings is 1. The van der Waals surface area contributed by atoms with Crippen LogP contribution in [0.3, 0.4) is 0 Å². The fourth-order valence-corrected chi connectivity index (χ4v) is 2.81. The first-order valence-electron chi connectivity index (χ1n) is 8.23. The Hall–Kier alpha value is -3.00. The second-order valence-corrected chi connectivity index (χ2v) is 6.38. The van der Waals surface area contributed by atoms with Crippen LogP contribution in [0.2, 0.25) is 5.02 Å². The Morgan fingerprint density at radius 3 is 2.70 bits per heavy atom. The summed E-state index contributed by atoms with van der Waals surface area (Å²) in [6.07, 6.45) is 0.554. The molecule has 0 spiro atoms. The van der Waals surface area contributed by atoms with Crippen LogP contribution in [-0.4, -0.2) is 25.7 Å². The van der Waals surface area contributed by atoms with Gasteiger partial charge in [0.05, 0.1) is 10.7 Å². The number of nitrogens with zero attached hydrogens (tertiary/aromatic N) is 3. The molecule has 7 nitrogen and oxygen atoms in total. The normalized spacial score (nSPS) is 10.9. The standard InChI is InChI=1S/C18H17ClFN5O2/c1-4-12-10(3)21-18(23-17(12)27)25-15(7-9(2)24-25)22-16(26)11-5-6-13(19)14(20)8-11/h5-8H,4H2,1-3H3,(H,22,26)(H,21,23,27). The summed E-state index contributed by atoms with van der Waals surface area (Å²) in [5.41, 5.74) is 1.62. The van der Waals surface area contributed by atoms with Gasteiger partial charge in [-0.2, -0.15) is 9.78 Å². The lowest BCUT2D eigenvalue weighted by atomic mass is 10.2. The zero-order valence-corrected chi connectivity index (χ0v) is 15.7. The van der Waals surface area contributed by atoms with E-state index in [1.165, 1.54) is 16.8 Å². The number of rotatable bonds is 4. The first-order chi connectivity index (χ1) is 12.8. The summed E-state index contributed by atoms with van der Waals surface area (Å²) in [5, 5.41) is 6.85. The van der Waals surface area contributed by atoms with Gasteiger partial charge >= 0.3 is 0 Å². The van der Waals surface area contributed by atoms with Crippen molar-refractivity contribution < 1.29 is 9.18 Å². The van der Waals surface area contributed by atoms with Gasteiger partial charge in [-0.05, 0) is 38.5 Å². The van der Waals surface area contributed by atoms with Gasteiger partial charge in [0, 0.05) is 22.9 Å². The van der Waals surface area contributed by atoms with Crippen LogP contribution < -0.4 is 10.9 Å². The van der Waals surface area contributed by atoms with Crippen molar-refractivity contribution >= 4 is 23.3 Å². The van der Waals surface area contributed by atoms with E-state index in [2.05, 4.69) is 20.4 Å². The van der Waals surface area contributed by atoms with Gasteiger partial charge in [-0.15, -0.1) is 0 Å². The zero-order valence-electron chi connectivity index (χ0n) is 14.9. The lowest BCUT2D eigenvalue weighted by Crippen LogP contribution is -2.22. The predicted octanol–water partition coefficient (Wildman–Crippen LogP) is 3.18. The number of aromatic amines is 1. The quantitative estimate of drug-likeness (QED) is 0.716. The van der Waals surface area contributed by atoms with Crippen LogP contribution in [-0.2, 0) is 6.42 Å². The van der Waals surface area contributed by atoms with Crippen molar-refractivity contribution in [1.29, 1.82) is 0 Å². The Kier molecular flexibility index (Phi) is 5.09. The summed E-state index contributed by atoms with van der Waals surface area (Å²) in [4.78, 5) is 31.7. The van der Waals surface area contributed by atoms with Crippen LogP contribution in [0.15, 0.2) is 29.1 Å². The van der Waals surface area contributed by atoms with Crippen molar-refractivity contribution in [3.8, 4) is 5.95 Å². The van der Waals surface area contributed by atoms with E-state index >= 15 is 0 Å². The highest BCUT2D eigenvalue weighted by molar-refractivity contribution is 6.30. The van der Waals surface area contributed by atoms with Crippen molar-refractivity contribution in [3.05, 3.63) is 68.0 Å². The minimum Gasteiger partial charge on any atom is -0.306 e. The van der Waals surface area contributed by atoms with E-state index < -0.39 is 11.7 Å². The number of amides is 1. The number of anilines is 1. The van der Waals surface area contributed by atoms with E-state index in [9.17, 15) is 14.0 Å². The molecular weight excluding hydrogens is 373 g/mol. The van der Waals surface area contributed by atoms with Crippen molar-refractivity contribution in [3.63, 3.8) is 0 Å². The van der Waals surface area contributed by atoms with Crippen LogP contribution in [0, 0.1) is 19.7 Å². The second kappa shape index (κ2) is 7.32. The largest absolute Gasteiger partial charge is 0.306 e. The Balaban J connectivity index is 1.98. The number of nitrogens with one attached hydrogen (secondary N) is 2. The molecule has 0 bridgehead atoms. The van der Waals surface area contributed by atoms with Gasteiger partial charge < -0.3 is 5.32 Å². The third-order valence-corrected chi connectivity index (χ3v) is 4.33. The summed E-state index contributed by atoms with van der Waals surface area (Å²) < 4.78 is 14.9.